The minimum atomic E-state index is -1.21. The number of esters is 1. The first-order valence-corrected chi connectivity index (χ1v) is 6.52. The first-order valence-electron chi connectivity index (χ1n) is 6.52. The summed E-state index contributed by atoms with van der Waals surface area (Å²) in [5.41, 5.74) is 0.290. The van der Waals surface area contributed by atoms with Crippen LogP contribution in [0.25, 0.3) is 0 Å². The molecule has 2 aromatic carbocycles. The van der Waals surface area contributed by atoms with Crippen molar-refractivity contribution in [3.8, 4) is 0 Å². The summed E-state index contributed by atoms with van der Waals surface area (Å²) in [6, 6.07) is 18.7. The van der Waals surface area contributed by atoms with Gasteiger partial charge in [0.25, 0.3) is 0 Å². The van der Waals surface area contributed by atoms with E-state index >= 15 is 0 Å². The zero-order valence-corrected chi connectivity index (χ0v) is 11.5. The predicted molar refractivity (Wildman–Crippen MR) is 79.8 cm³/mol. The summed E-state index contributed by atoms with van der Waals surface area (Å²) in [7, 11) is 0. The molecule has 0 aromatic heterocycles. The van der Waals surface area contributed by atoms with E-state index in [1.165, 1.54) is 0 Å². The smallest absolute Gasteiger partial charge is 0.343 e. The monoisotopic (exact) mass is 267 g/mol. The van der Waals surface area contributed by atoms with Gasteiger partial charge in [-0.25, -0.2) is 4.79 Å². The average Bonchev–Trinajstić information content (AvgIpc) is 2.51. The molecule has 0 aliphatic carbocycles. The van der Waals surface area contributed by atoms with E-state index in [4.69, 9.17) is 4.74 Å². The summed E-state index contributed by atoms with van der Waals surface area (Å²) in [6.45, 7) is 5.72. The van der Waals surface area contributed by atoms with Crippen LogP contribution in [-0.4, -0.2) is 19.3 Å². The summed E-state index contributed by atoms with van der Waals surface area (Å²) in [4.78, 5) is 16.7. The molecule has 3 nitrogen and oxygen atoms in total. The van der Waals surface area contributed by atoms with E-state index in [1.807, 2.05) is 60.7 Å². The van der Waals surface area contributed by atoms with Crippen molar-refractivity contribution in [2.45, 2.75) is 12.5 Å². The van der Waals surface area contributed by atoms with E-state index in [-0.39, 0.29) is 0 Å². The van der Waals surface area contributed by atoms with Gasteiger partial charge in [0.1, 0.15) is 0 Å². The molecule has 0 atom stereocenters. The Morgan fingerprint density at radius 2 is 1.50 bits per heavy atom. The Kier molecular flexibility index (Phi) is 4.31. The first kappa shape index (κ1) is 14.0. The fourth-order valence-electron chi connectivity index (χ4n) is 2.24. The van der Waals surface area contributed by atoms with Gasteiger partial charge in [-0.15, -0.1) is 0 Å². The van der Waals surface area contributed by atoms with Gasteiger partial charge in [-0.3, -0.25) is 4.99 Å². The highest BCUT2D eigenvalue weighted by molar-refractivity contribution is 5.88. The number of aliphatic imine (C=N–C) groups is 1. The van der Waals surface area contributed by atoms with Crippen LogP contribution in [0.2, 0.25) is 0 Å². The van der Waals surface area contributed by atoms with Crippen LogP contribution in [-0.2, 0) is 15.1 Å². The normalized spacial score (nSPS) is 10.8. The van der Waals surface area contributed by atoms with E-state index in [1.54, 1.807) is 6.92 Å². The summed E-state index contributed by atoms with van der Waals surface area (Å²) in [5.74, 6) is -0.410. The summed E-state index contributed by atoms with van der Waals surface area (Å²) >= 11 is 0. The third-order valence-electron chi connectivity index (χ3n) is 3.19. The van der Waals surface area contributed by atoms with E-state index in [0.29, 0.717) is 6.61 Å². The van der Waals surface area contributed by atoms with Crippen LogP contribution in [0.4, 0.5) is 0 Å². The maximum absolute atomic E-state index is 12.5. The van der Waals surface area contributed by atoms with E-state index < -0.39 is 11.5 Å². The number of rotatable bonds is 5. The fourth-order valence-corrected chi connectivity index (χ4v) is 2.24. The molecule has 0 amide bonds. The molecule has 3 heteroatoms. The number of hydrogen-bond acceptors (Lipinski definition) is 3. The zero-order valence-electron chi connectivity index (χ0n) is 11.5. The Hall–Kier alpha value is -2.42. The molecular weight excluding hydrogens is 250 g/mol. The molecule has 2 rings (SSSR count). The van der Waals surface area contributed by atoms with E-state index in [2.05, 4.69) is 11.7 Å². The largest absolute Gasteiger partial charge is 0.464 e. The lowest BCUT2D eigenvalue weighted by molar-refractivity contribution is -0.148. The average molecular weight is 267 g/mol. The zero-order chi connectivity index (χ0) is 14.4. The van der Waals surface area contributed by atoms with Crippen molar-refractivity contribution in [1.82, 2.24) is 0 Å². The van der Waals surface area contributed by atoms with Crippen LogP contribution in [0.15, 0.2) is 65.7 Å². The summed E-state index contributed by atoms with van der Waals surface area (Å²) < 4.78 is 5.23. The van der Waals surface area contributed by atoms with Crippen molar-refractivity contribution < 1.29 is 9.53 Å². The first-order chi connectivity index (χ1) is 9.75. The number of carbonyl (C=O) groups excluding carboxylic acids is 1. The minimum Gasteiger partial charge on any atom is -0.464 e. The third-order valence-corrected chi connectivity index (χ3v) is 3.19. The molecule has 0 heterocycles. The Balaban J connectivity index is 2.64. The highest BCUT2D eigenvalue weighted by Crippen LogP contribution is 2.34. The van der Waals surface area contributed by atoms with Crippen LogP contribution in [0, 0.1) is 0 Å². The topological polar surface area (TPSA) is 38.7 Å². The molecule has 0 unspecified atom stereocenters. The standard InChI is InChI=1S/C17H17NO2/c1-3-20-16(19)17(18-2,14-10-6-4-7-11-14)15-12-8-5-9-13-15/h4-13H,2-3H2,1H3. The Labute approximate surface area is 118 Å². The van der Waals surface area contributed by atoms with Gasteiger partial charge in [-0.05, 0) is 24.8 Å². The Morgan fingerprint density at radius 1 is 1.05 bits per heavy atom. The van der Waals surface area contributed by atoms with Gasteiger partial charge in [-0.2, -0.15) is 0 Å². The Bertz CT molecular complexity index is 539. The number of benzene rings is 2. The predicted octanol–water partition coefficient (Wildman–Crippen LogP) is 3.19. The van der Waals surface area contributed by atoms with Gasteiger partial charge in [0, 0.05) is 0 Å². The van der Waals surface area contributed by atoms with Crippen LogP contribution < -0.4 is 0 Å². The van der Waals surface area contributed by atoms with Crippen LogP contribution in [0.3, 0.4) is 0 Å². The van der Waals surface area contributed by atoms with Gasteiger partial charge < -0.3 is 4.74 Å². The lowest BCUT2D eigenvalue weighted by Gasteiger charge is -2.28. The molecule has 2 aromatic rings. The molecule has 0 aliphatic rings. The number of ether oxygens (including phenoxy) is 1. The second kappa shape index (κ2) is 6.15. The van der Waals surface area contributed by atoms with E-state index in [0.717, 1.165) is 11.1 Å². The molecule has 0 N–H and O–H groups in total. The lowest BCUT2D eigenvalue weighted by Crippen LogP contribution is -2.36. The highest BCUT2D eigenvalue weighted by Gasteiger charge is 2.42. The van der Waals surface area contributed by atoms with Gasteiger partial charge in [0.2, 0.25) is 5.54 Å². The molecule has 0 saturated carbocycles. The molecule has 20 heavy (non-hydrogen) atoms. The third kappa shape index (κ3) is 2.35. The van der Waals surface area contributed by atoms with E-state index in [9.17, 15) is 4.79 Å². The van der Waals surface area contributed by atoms with Gasteiger partial charge >= 0.3 is 5.97 Å². The minimum absolute atomic E-state index is 0.301. The van der Waals surface area contributed by atoms with Gasteiger partial charge in [0.05, 0.1) is 6.61 Å². The number of carbonyl (C=O) groups is 1. The maximum Gasteiger partial charge on any atom is 0.343 e. The summed E-state index contributed by atoms with van der Waals surface area (Å²) in [6.07, 6.45) is 0. The summed E-state index contributed by atoms with van der Waals surface area (Å²) in [5, 5.41) is 0. The Morgan fingerprint density at radius 3 is 1.85 bits per heavy atom. The molecule has 0 spiro atoms. The number of hydrogen-bond donors (Lipinski definition) is 0. The quantitative estimate of drug-likeness (QED) is 0.616. The van der Waals surface area contributed by atoms with Crippen molar-refractivity contribution in [2.24, 2.45) is 4.99 Å². The number of nitrogens with zero attached hydrogens (tertiary/aromatic N) is 1. The van der Waals surface area contributed by atoms with Crippen LogP contribution in [0.1, 0.15) is 18.1 Å². The van der Waals surface area contributed by atoms with Gasteiger partial charge in [-0.1, -0.05) is 60.7 Å². The van der Waals surface area contributed by atoms with Gasteiger partial charge in [0.15, 0.2) is 0 Å². The maximum atomic E-state index is 12.5. The van der Waals surface area contributed by atoms with Crippen LogP contribution in [0.5, 0.6) is 0 Å². The van der Waals surface area contributed by atoms with Crippen molar-refractivity contribution in [2.75, 3.05) is 6.61 Å². The van der Waals surface area contributed by atoms with Crippen molar-refractivity contribution >= 4 is 12.7 Å². The molecular formula is C17H17NO2. The van der Waals surface area contributed by atoms with Crippen molar-refractivity contribution in [1.29, 1.82) is 0 Å². The lowest BCUT2D eigenvalue weighted by atomic mass is 9.83. The molecule has 0 saturated heterocycles. The molecule has 102 valence electrons. The molecule has 0 bridgehead atoms. The van der Waals surface area contributed by atoms with Crippen molar-refractivity contribution in [3.05, 3.63) is 71.8 Å². The molecule has 0 fully saturated rings. The second-order valence-corrected chi connectivity index (χ2v) is 4.32. The van der Waals surface area contributed by atoms with Crippen LogP contribution >= 0.6 is 0 Å². The SMILES string of the molecule is C=NC(C(=O)OCC)(c1ccccc1)c1ccccc1. The fraction of sp³-hybridized carbons (Fsp3) is 0.176. The molecule has 0 aliphatic heterocycles. The second-order valence-electron chi connectivity index (χ2n) is 4.32. The molecule has 0 radical (unpaired) electrons. The highest BCUT2D eigenvalue weighted by atomic mass is 16.5. The van der Waals surface area contributed by atoms with Crippen molar-refractivity contribution in [3.63, 3.8) is 0 Å².